The van der Waals surface area contributed by atoms with Gasteiger partial charge in [-0.3, -0.25) is 0 Å². The van der Waals surface area contributed by atoms with E-state index in [0.717, 1.165) is 27.7 Å². The Hall–Kier alpha value is -3.51. The predicted octanol–water partition coefficient (Wildman–Crippen LogP) is 6.48. The lowest BCUT2D eigenvalue weighted by Gasteiger charge is -2.08. The van der Waals surface area contributed by atoms with Gasteiger partial charge in [0.25, 0.3) is 0 Å². The van der Waals surface area contributed by atoms with E-state index in [1.807, 2.05) is 25.1 Å². The molecule has 1 aromatic heterocycles. The highest BCUT2D eigenvalue weighted by Gasteiger charge is 2.15. The van der Waals surface area contributed by atoms with Crippen LogP contribution < -0.4 is 0 Å². The van der Waals surface area contributed by atoms with Crippen LogP contribution in [0.15, 0.2) is 60.8 Å². The van der Waals surface area contributed by atoms with Crippen LogP contribution in [0, 0.1) is 27.3 Å². The fourth-order valence-electron chi connectivity index (χ4n) is 3.57. The molecule has 1 heterocycles. The molecule has 3 aromatic carbocycles. The summed E-state index contributed by atoms with van der Waals surface area (Å²) >= 11 is 0. The average Bonchev–Trinajstić information content (AvgIpc) is 3.02. The Morgan fingerprint density at radius 1 is 0.889 bits per heavy atom. The molecule has 27 heavy (non-hydrogen) atoms. The lowest BCUT2D eigenvalue weighted by molar-refractivity contribution is 0.475. The normalized spacial score (nSPS) is 10.9. The van der Waals surface area contributed by atoms with Crippen LogP contribution >= 0.6 is 0 Å². The number of benzene rings is 3. The fraction of sp³-hybridized carbons (Fsp3) is 0.125. The second kappa shape index (κ2) is 6.34. The number of aryl methyl sites for hydroxylation is 2. The monoisotopic (exact) mass is 352 g/mol. The third-order valence-electron chi connectivity index (χ3n) is 5.27. The summed E-state index contributed by atoms with van der Waals surface area (Å²) in [6.07, 6.45) is 2.13. The molecule has 0 saturated carbocycles. The molecule has 3 nitrogen and oxygen atoms in total. The Labute approximate surface area is 159 Å². The number of aromatic nitrogens is 1. The third-order valence-corrected chi connectivity index (χ3v) is 5.27. The highest BCUT2D eigenvalue weighted by molar-refractivity contribution is 6.00. The predicted molar refractivity (Wildman–Crippen MR) is 111 cm³/mol. The summed E-state index contributed by atoms with van der Waals surface area (Å²) in [6.45, 7) is 13.7. The van der Waals surface area contributed by atoms with Crippen LogP contribution in [0.25, 0.3) is 32.6 Å². The highest BCUT2D eigenvalue weighted by Crippen LogP contribution is 2.38. The second-order valence-electron chi connectivity index (χ2n) is 6.94. The van der Waals surface area contributed by atoms with Crippen molar-refractivity contribution in [2.24, 2.45) is 0 Å². The SMILES string of the molecule is [C-]#[N+]c1cc2c(-c3cccc(C)c3C)cn(-c3ccc(O)cc3)c2cc1C. The summed E-state index contributed by atoms with van der Waals surface area (Å²) in [5.74, 6) is 0.247. The minimum Gasteiger partial charge on any atom is -0.508 e. The smallest absolute Gasteiger partial charge is 0.190 e. The Bertz CT molecular complexity index is 1210. The maximum atomic E-state index is 9.64. The molecular formula is C24H20N2O. The van der Waals surface area contributed by atoms with Crippen molar-refractivity contribution in [3.05, 3.63) is 88.9 Å². The van der Waals surface area contributed by atoms with E-state index < -0.39 is 0 Å². The lowest BCUT2D eigenvalue weighted by Crippen LogP contribution is -1.91. The van der Waals surface area contributed by atoms with Crippen molar-refractivity contribution >= 4 is 16.6 Å². The molecule has 4 rings (SSSR count). The Morgan fingerprint density at radius 3 is 2.33 bits per heavy atom. The first-order chi connectivity index (χ1) is 13.0. The van der Waals surface area contributed by atoms with Gasteiger partial charge in [-0.2, -0.15) is 0 Å². The molecule has 0 spiro atoms. The van der Waals surface area contributed by atoms with Gasteiger partial charge in [-0.05, 0) is 84.8 Å². The van der Waals surface area contributed by atoms with E-state index in [4.69, 9.17) is 6.57 Å². The van der Waals surface area contributed by atoms with Crippen molar-refractivity contribution in [3.8, 4) is 22.6 Å². The van der Waals surface area contributed by atoms with Gasteiger partial charge in [0.2, 0.25) is 0 Å². The molecule has 0 fully saturated rings. The van der Waals surface area contributed by atoms with Gasteiger partial charge in [-0.25, -0.2) is 4.85 Å². The number of phenols is 1. The molecule has 0 atom stereocenters. The Balaban J connectivity index is 2.09. The van der Waals surface area contributed by atoms with Gasteiger partial charge < -0.3 is 9.67 Å². The molecule has 0 bridgehead atoms. The van der Waals surface area contributed by atoms with Crippen LogP contribution in [0.4, 0.5) is 5.69 Å². The molecule has 0 unspecified atom stereocenters. The van der Waals surface area contributed by atoms with Crippen LogP contribution in [0.2, 0.25) is 0 Å². The van der Waals surface area contributed by atoms with E-state index >= 15 is 0 Å². The van der Waals surface area contributed by atoms with Crippen molar-refractivity contribution in [1.82, 2.24) is 4.57 Å². The van der Waals surface area contributed by atoms with Crippen LogP contribution in [0.1, 0.15) is 16.7 Å². The number of aromatic hydroxyl groups is 1. The first-order valence-corrected chi connectivity index (χ1v) is 8.88. The molecule has 0 aliphatic carbocycles. The maximum Gasteiger partial charge on any atom is 0.190 e. The molecule has 3 heteroatoms. The zero-order chi connectivity index (χ0) is 19.1. The summed E-state index contributed by atoms with van der Waals surface area (Å²) < 4.78 is 2.13. The van der Waals surface area contributed by atoms with Gasteiger partial charge in [-0.15, -0.1) is 0 Å². The number of hydrogen-bond donors (Lipinski definition) is 1. The summed E-state index contributed by atoms with van der Waals surface area (Å²) in [6, 6.07) is 17.6. The molecule has 0 aliphatic rings. The van der Waals surface area contributed by atoms with Crippen molar-refractivity contribution in [2.75, 3.05) is 0 Å². The standard InChI is InChI=1S/C24H20N2O/c1-15-6-5-7-20(17(15)3)22-14-26(18-8-10-19(27)11-9-18)24-12-16(2)23(25-4)13-21(22)24/h5-14,27H,1-3H3. The van der Waals surface area contributed by atoms with Crippen LogP contribution in [-0.4, -0.2) is 9.67 Å². The molecular weight excluding hydrogens is 332 g/mol. The zero-order valence-electron chi connectivity index (χ0n) is 15.6. The number of rotatable bonds is 2. The van der Waals surface area contributed by atoms with Gasteiger partial charge in [-0.1, -0.05) is 18.2 Å². The fourth-order valence-corrected chi connectivity index (χ4v) is 3.57. The third kappa shape index (κ3) is 2.76. The number of phenolic OH excluding ortho intramolecular Hbond substituents is 1. The minimum absolute atomic E-state index is 0.247. The summed E-state index contributed by atoms with van der Waals surface area (Å²) in [7, 11) is 0. The Kier molecular flexibility index (Phi) is 3.97. The summed E-state index contributed by atoms with van der Waals surface area (Å²) in [4.78, 5) is 3.70. The number of hydrogen-bond acceptors (Lipinski definition) is 1. The first kappa shape index (κ1) is 16.9. The number of fused-ring (bicyclic) bond motifs is 1. The topological polar surface area (TPSA) is 29.5 Å². The van der Waals surface area contributed by atoms with E-state index in [1.54, 1.807) is 12.1 Å². The van der Waals surface area contributed by atoms with Gasteiger partial charge in [0, 0.05) is 17.4 Å². The first-order valence-electron chi connectivity index (χ1n) is 8.88. The van der Waals surface area contributed by atoms with Crippen LogP contribution in [0.5, 0.6) is 5.75 Å². The van der Waals surface area contributed by atoms with E-state index in [1.165, 1.54) is 16.7 Å². The summed E-state index contributed by atoms with van der Waals surface area (Å²) in [5.41, 5.74) is 8.45. The molecule has 4 aromatic rings. The second-order valence-corrected chi connectivity index (χ2v) is 6.94. The summed E-state index contributed by atoms with van der Waals surface area (Å²) in [5, 5.41) is 10.7. The Morgan fingerprint density at radius 2 is 1.63 bits per heavy atom. The highest BCUT2D eigenvalue weighted by atomic mass is 16.3. The van der Waals surface area contributed by atoms with Crippen LogP contribution in [0.3, 0.4) is 0 Å². The van der Waals surface area contributed by atoms with Crippen molar-refractivity contribution in [3.63, 3.8) is 0 Å². The molecule has 0 radical (unpaired) electrons. The van der Waals surface area contributed by atoms with E-state index in [0.29, 0.717) is 5.69 Å². The van der Waals surface area contributed by atoms with Crippen molar-refractivity contribution < 1.29 is 5.11 Å². The van der Waals surface area contributed by atoms with Gasteiger partial charge in [0.15, 0.2) is 5.69 Å². The van der Waals surface area contributed by atoms with Gasteiger partial charge in [0.05, 0.1) is 12.1 Å². The maximum absolute atomic E-state index is 9.64. The largest absolute Gasteiger partial charge is 0.508 e. The molecule has 0 aliphatic heterocycles. The average molecular weight is 352 g/mol. The van der Waals surface area contributed by atoms with E-state index in [2.05, 4.69) is 53.7 Å². The van der Waals surface area contributed by atoms with E-state index in [-0.39, 0.29) is 5.75 Å². The molecule has 132 valence electrons. The van der Waals surface area contributed by atoms with Crippen molar-refractivity contribution in [1.29, 1.82) is 0 Å². The van der Waals surface area contributed by atoms with E-state index in [9.17, 15) is 5.11 Å². The minimum atomic E-state index is 0.247. The van der Waals surface area contributed by atoms with Crippen LogP contribution in [-0.2, 0) is 0 Å². The molecule has 0 amide bonds. The lowest BCUT2D eigenvalue weighted by atomic mass is 9.96. The molecule has 1 N–H and O–H groups in total. The quantitative estimate of drug-likeness (QED) is 0.411. The van der Waals surface area contributed by atoms with Gasteiger partial charge in [0.1, 0.15) is 5.75 Å². The number of nitrogens with zero attached hydrogens (tertiary/aromatic N) is 2. The zero-order valence-corrected chi connectivity index (χ0v) is 15.6. The van der Waals surface area contributed by atoms with Crippen molar-refractivity contribution in [2.45, 2.75) is 20.8 Å². The van der Waals surface area contributed by atoms with Gasteiger partial charge >= 0.3 is 0 Å². The molecule has 0 saturated heterocycles.